The summed E-state index contributed by atoms with van der Waals surface area (Å²) in [6.07, 6.45) is 0.172. The fourth-order valence-electron chi connectivity index (χ4n) is 2.76. The van der Waals surface area contributed by atoms with Crippen molar-refractivity contribution in [3.05, 3.63) is 101 Å². The molecule has 0 fully saturated rings. The van der Waals surface area contributed by atoms with Crippen molar-refractivity contribution in [2.75, 3.05) is 5.32 Å². The number of amides is 3. The Balaban J connectivity index is 1.53. The summed E-state index contributed by atoms with van der Waals surface area (Å²) in [7, 11) is 0. The molecule has 6 nitrogen and oxygen atoms in total. The van der Waals surface area contributed by atoms with Gasteiger partial charge < -0.3 is 5.32 Å². The normalized spacial score (nSPS) is 10.1. The van der Waals surface area contributed by atoms with Crippen molar-refractivity contribution >= 4 is 23.4 Å². The molecule has 0 spiro atoms. The third kappa shape index (κ3) is 5.52. The van der Waals surface area contributed by atoms with Crippen molar-refractivity contribution in [2.24, 2.45) is 0 Å². The Kier molecular flexibility index (Phi) is 6.37. The lowest BCUT2D eigenvalue weighted by Crippen LogP contribution is -2.42. The largest absolute Gasteiger partial charge is 0.322 e. The van der Waals surface area contributed by atoms with Crippen molar-refractivity contribution in [3.63, 3.8) is 0 Å². The van der Waals surface area contributed by atoms with E-state index in [1.165, 1.54) is 0 Å². The molecule has 0 radical (unpaired) electrons. The minimum Gasteiger partial charge on any atom is -0.322 e. The number of rotatable bonds is 5. The van der Waals surface area contributed by atoms with Crippen LogP contribution in [0, 0.1) is 6.92 Å². The highest BCUT2D eigenvalue weighted by molar-refractivity contribution is 6.05. The van der Waals surface area contributed by atoms with Crippen LogP contribution in [0.2, 0.25) is 0 Å². The van der Waals surface area contributed by atoms with E-state index in [0.29, 0.717) is 16.8 Å². The van der Waals surface area contributed by atoms with Crippen LogP contribution in [0.5, 0.6) is 0 Å². The number of hydrogen-bond donors (Lipinski definition) is 3. The van der Waals surface area contributed by atoms with E-state index in [2.05, 4.69) is 16.2 Å². The number of benzene rings is 3. The Labute approximate surface area is 168 Å². The molecule has 3 aromatic rings. The lowest BCUT2D eigenvalue weighted by atomic mass is 10.1. The molecule has 3 N–H and O–H groups in total. The van der Waals surface area contributed by atoms with Gasteiger partial charge in [-0.25, -0.2) is 0 Å². The van der Waals surface area contributed by atoms with Gasteiger partial charge in [-0.2, -0.15) is 0 Å². The second kappa shape index (κ2) is 9.32. The fourth-order valence-corrected chi connectivity index (χ4v) is 2.76. The first-order valence-corrected chi connectivity index (χ1v) is 9.13. The number of aryl methyl sites for hydroxylation is 1. The smallest absolute Gasteiger partial charge is 0.269 e. The minimum absolute atomic E-state index is 0.172. The van der Waals surface area contributed by atoms with Gasteiger partial charge >= 0.3 is 0 Å². The molecule has 3 amide bonds. The van der Waals surface area contributed by atoms with Crippen molar-refractivity contribution in [3.8, 4) is 0 Å². The second-order valence-electron chi connectivity index (χ2n) is 6.51. The first kappa shape index (κ1) is 19.8. The molecule has 6 heteroatoms. The Morgan fingerprint density at radius 2 is 1.38 bits per heavy atom. The van der Waals surface area contributed by atoms with Gasteiger partial charge in [0, 0.05) is 16.8 Å². The summed E-state index contributed by atoms with van der Waals surface area (Å²) in [5, 5.41) is 2.80. The van der Waals surface area contributed by atoms with Gasteiger partial charge in [0.05, 0.1) is 6.42 Å². The van der Waals surface area contributed by atoms with E-state index in [9.17, 15) is 14.4 Å². The molecule has 3 rings (SSSR count). The van der Waals surface area contributed by atoms with Gasteiger partial charge in [-0.05, 0) is 48.4 Å². The van der Waals surface area contributed by atoms with Crippen molar-refractivity contribution in [2.45, 2.75) is 13.3 Å². The highest BCUT2D eigenvalue weighted by Crippen LogP contribution is 2.13. The summed E-state index contributed by atoms with van der Waals surface area (Å²) in [5.74, 6) is -0.969. The first-order chi connectivity index (χ1) is 14.0. The second-order valence-corrected chi connectivity index (χ2v) is 6.51. The van der Waals surface area contributed by atoms with Crippen LogP contribution in [0.15, 0.2) is 78.9 Å². The number of carbonyl (C=O) groups is 3. The Hall–Kier alpha value is -3.93. The van der Waals surface area contributed by atoms with E-state index in [1.807, 2.05) is 49.4 Å². The van der Waals surface area contributed by atoms with Gasteiger partial charge in [0.2, 0.25) is 5.91 Å². The minimum atomic E-state index is -0.441. The molecular weight excluding hydrogens is 366 g/mol. The van der Waals surface area contributed by atoms with E-state index in [0.717, 1.165) is 11.1 Å². The molecule has 0 aliphatic heterocycles. The molecule has 0 aliphatic carbocycles. The maximum absolute atomic E-state index is 12.3. The predicted octanol–water partition coefficient (Wildman–Crippen LogP) is 3.25. The highest BCUT2D eigenvalue weighted by atomic mass is 16.2. The number of anilines is 1. The van der Waals surface area contributed by atoms with E-state index in [1.54, 1.807) is 36.4 Å². The average molecular weight is 387 g/mol. The predicted molar refractivity (Wildman–Crippen MR) is 111 cm³/mol. The van der Waals surface area contributed by atoms with E-state index in [-0.39, 0.29) is 18.2 Å². The quantitative estimate of drug-likeness (QED) is 0.587. The number of nitrogens with one attached hydrogen (secondary N) is 3. The number of hydrogen-bond acceptors (Lipinski definition) is 3. The standard InChI is InChI=1S/C23H21N3O3/c1-16-7-5-6-10-20(16)23(29)24-19-13-11-18(12-14-19)22(28)26-25-21(27)15-17-8-3-2-4-9-17/h2-14H,15H2,1H3,(H,24,29)(H,25,27)(H,26,28). The Bertz CT molecular complexity index is 1020. The molecule has 0 saturated carbocycles. The molecule has 0 aromatic heterocycles. The van der Waals surface area contributed by atoms with E-state index >= 15 is 0 Å². The van der Waals surface area contributed by atoms with Gasteiger partial charge in [0.25, 0.3) is 11.8 Å². The third-order valence-electron chi connectivity index (χ3n) is 4.32. The third-order valence-corrected chi connectivity index (χ3v) is 4.32. The summed E-state index contributed by atoms with van der Waals surface area (Å²) in [6.45, 7) is 1.87. The lowest BCUT2D eigenvalue weighted by Gasteiger charge is -2.09. The molecule has 0 atom stereocenters. The van der Waals surface area contributed by atoms with Crippen LogP contribution in [0.1, 0.15) is 31.8 Å². The van der Waals surface area contributed by atoms with Crippen LogP contribution in [0.4, 0.5) is 5.69 Å². The van der Waals surface area contributed by atoms with E-state index < -0.39 is 5.91 Å². The molecule has 29 heavy (non-hydrogen) atoms. The average Bonchev–Trinajstić information content (AvgIpc) is 2.73. The summed E-state index contributed by atoms with van der Waals surface area (Å²) >= 11 is 0. The summed E-state index contributed by atoms with van der Waals surface area (Å²) in [4.78, 5) is 36.4. The Morgan fingerprint density at radius 1 is 0.724 bits per heavy atom. The van der Waals surface area contributed by atoms with Gasteiger partial charge in [-0.3, -0.25) is 25.2 Å². The van der Waals surface area contributed by atoms with Crippen LogP contribution < -0.4 is 16.2 Å². The molecular formula is C23H21N3O3. The molecule has 0 bridgehead atoms. The van der Waals surface area contributed by atoms with Crippen LogP contribution in [0.3, 0.4) is 0 Å². The Morgan fingerprint density at radius 3 is 2.07 bits per heavy atom. The monoisotopic (exact) mass is 387 g/mol. The zero-order valence-corrected chi connectivity index (χ0v) is 15.9. The van der Waals surface area contributed by atoms with Crippen molar-refractivity contribution in [1.82, 2.24) is 10.9 Å². The van der Waals surface area contributed by atoms with Gasteiger partial charge in [0.15, 0.2) is 0 Å². The fraction of sp³-hybridized carbons (Fsp3) is 0.0870. The van der Waals surface area contributed by atoms with Crippen LogP contribution >= 0.6 is 0 Å². The molecule has 0 unspecified atom stereocenters. The summed E-state index contributed by atoms with van der Waals surface area (Å²) in [6, 6.07) is 23.0. The first-order valence-electron chi connectivity index (χ1n) is 9.13. The zero-order valence-electron chi connectivity index (χ0n) is 15.9. The molecule has 146 valence electrons. The van der Waals surface area contributed by atoms with Crippen LogP contribution in [-0.2, 0) is 11.2 Å². The summed E-state index contributed by atoms with van der Waals surface area (Å²) in [5.41, 5.74) is 8.04. The molecule has 0 saturated heterocycles. The maximum atomic E-state index is 12.3. The molecule has 3 aromatic carbocycles. The zero-order chi connectivity index (χ0) is 20.6. The van der Waals surface area contributed by atoms with Crippen LogP contribution in [-0.4, -0.2) is 17.7 Å². The van der Waals surface area contributed by atoms with Gasteiger partial charge in [0.1, 0.15) is 0 Å². The number of carbonyl (C=O) groups excluding carboxylic acids is 3. The number of hydrazine groups is 1. The SMILES string of the molecule is Cc1ccccc1C(=O)Nc1ccc(C(=O)NNC(=O)Cc2ccccc2)cc1. The molecule has 0 heterocycles. The van der Waals surface area contributed by atoms with Crippen molar-refractivity contribution < 1.29 is 14.4 Å². The van der Waals surface area contributed by atoms with Gasteiger partial charge in [-0.15, -0.1) is 0 Å². The molecule has 0 aliphatic rings. The maximum Gasteiger partial charge on any atom is 0.269 e. The summed E-state index contributed by atoms with van der Waals surface area (Å²) < 4.78 is 0. The van der Waals surface area contributed by atoms with Gasteiger partial charge in [-0.1, -0.05) is 48.5 Å². The van der Waals surface area contributed by atoms with E-state index in [4.69, 9.17) is 0 Å². The lowest BCUT2D eigenvalue weighted by molar-refractivity contribution is -0.121. The topological polar surface area (TPSA) is 87.3 Å². The van der Waals surface area contributed by atoms with Crippen molar-refractivity contribution in [1.29, 1.82) is 0 Å². The van der Waals surface area contributed by atoms with Crippen LogP contribution in [0.25, 0.3) is 0 Å². The highest BCUT2D eigenvalue weighted by Gasteiger charge is 2.11.